The van der Waals surface area contributed by atoms with Gasteiger partial charge in [-0.25, -0.2) is 0 Å². The molecule has 2 rings (SSSR count). The molecule has 18 heavy (non-hydrogen) atoms. The Labute approximate surface area is 119 Å². The van der Waals surface area contributed by atoms with E-state index in [-0.39, 0.29) is 6.04 Å². The van der Waals surface area contributed by atoms with Gasteiger partial charge >= 0.3 is 0 Å². The van der Waals surface area contributed by atoms with Crippen molar-refractivity contribution < 1.29 is 0 Å². The summed E-state index contributed by atoms with van der Waals surface area (Å²) in [5.74, 6) is 0. The molecular weight excluding hydrogens is 314 g/mol. The lowest BCUT2D eigenvalue weighted by molar-refractivity contribution is 0.520. The maximum atomic E-state index is 4.36. The SMILES string of the molecule is CCCNC(c1csnn1)c1c(Br)cnn1CC. The maximum absolute atomic E-state index is 4.36. The number of nitrogens with zero attached hydrogens (tertiary/aromatic N) is 4. The zero-order valence-corrected chi connectivity index (χ0v) is 12.8. The smallest absolute Gasteiger partial charge is 0.0986 e. The summed E-state index contributed by atoms with van der Waals surface area (Å²) in [6.45, 7) is 6.00. The van der Waals surface area contributed by atoms with Crippen molar-refractivity contribution in [1.29, 1.82) is 0 Å². The molecule has 0 aliphatic heterocycles. The molecule has 0 saturated heterocycles. The molecule has 0 bridgehead atoms. The highest BCUT2D eigenvalue weighted by Gasteiger charge is 2.22. The number of halogens is 1. The van der Waals surface area contributed by atoms with Crippen molar-refractivity contribution in [3.63, 3.8) is 0 Å². The molecule has 5 nitrogen and oxygen atoms in total. The molecular formula is C11H16BrN5S. The van der Waals surface area contributed by atoms with Gasteiger partial charge in [-0.2, -0.15) is 5.10 Å². The fourth-order valence-corrected chi connectivity index (χ4v) is 2.84. The molecule has 1 atom stereocenters. The lowest BCUT2D eigenvalue weighted by Gasteiger charge is -2.18. The number of hydrogen-bond donors (Lipinski definition) is 1. The van der Waals surface area contributed by atoms with Gasteiger partial charge in [0.2, 0.25) is 0 Å². The zero-order valence-electron chi connectivity index (χ0n) is 10.4. The summed E-state index contributed by atoms with van der Waals surface area (Å²) in [6.07, 6.45) is 2.91. The average molecular weight is 330 g/mol. The first-order valence-electron chi connectivity index (χ1n) is 5.99. The molecule has 0 aromatic carbocycles. The van der Waals surface area contributed by atoms with E-state index in [1.165, 1.54) is 11.5 Å². The molecule has 1 N–H and O–H groups in total. The van der Waals surface area contributed by atoms with Crippen LogP contribution in [0.25, 0.3) is 0 Å². The van der Waals surface area contributed by atoms with Gasteiger partial charge in [0.1, 0.15) is 0 Å². The second kappa shape index (κ2) is 6.40. The van der Waals surface area contributed by atoms with E-state index >= 15 is 0 Å². The Kier molecular flexibility index (Phi) is 4.85. The van der Waals surface area contributed by atoms with E-state index in [1.54, 1.807) is 0 Å². The van der Waals surface area contributed by atoms with Crippen LogP contribution < -0.4 is 5.32 Å². The highest BCUT2D eigenvalue weighted by molar-refractivity contribution is 9.10. The van der Waals surface area contributed by atoms with Gasteiger partial charge in [0.15, 0.2) is 0 Å². The van der Waals surface area contributed by atoms with E-state index < -0.39 is 0 Å². The van der Waals surface area contributed by atoms with Gasteiger partial charge in [-0.1, -0.05) is 11.4 Å². The highest BCUT2D eigenvalue weighted by Crippen LogP contribution is 2.28. The van der Waals surface area contributed by atoms with Crippen molar-refractivity contribution in [2.24, 2.45) is 0 Å². The summed E-state index contributed by atoms with van der Waals surface area (Å²) in [4.78, 5) is 0. The number of aromatic nitrogens is 4. The summed E-state index contributed by atoms with van der Waals surface area (Å²) in [5, 5.41) is 14.0. The van der Waals surface area contributed by atoms with Crippen LogP contribution in [0.15, 0.2) is 16.0 Å². The van der Waals surface area contributed by atoms with Gasteiger partial charge in [-0.15, -0.1) is 5.10 Å². The van der Waals surface area contributed by atoms with Crippen molar-refractivity contribution in [3.05, 3.63) is 27.4 Å². The Morgan fingerprint density at radius 3 is 2.94 bits per heavy atom. The van der Waals surface area contributed by atoms with Gasteiger partial charge < -0.3 is 5.32 Å². The van der Waals surface area contributed by atoms with Crippen molar-refractivity contribution in [2.75, 3.05) is 6.54 Å². The standard InChI is InChI=1S/C11H16BrN5S/c1-3-5-13-10(9-7-18-16-15-9)11-8(12)6-14-17(11)4-2/h6-7,10,13H,3-5H2,1-2H3. The Morgan fingerprint density at radius 1 is 1.50 bits per heavy atom. The van der Waals surface area contributed by atoms with Gasteiger partial charge in [-0.05, 0) is 47.4 Å². The monoisotopic (exact) mass is 329 g/mol. The minimum Gasteiger partial charge on any atom is -0.304 e. The second-order valence-corrected chi connectivity index (χ2v) is 5.37. The topological polar surface area (TPSA) is 55.6 Å². The lowest BCUT2D eigenvalue weighted by atomic mass is 10.1. The molecule has 2 aromatic heterocycles. The second-order valence-electron chi connectivity index (χ2n) is 3.91. The van der Waals surface area contributed by atoms with Crippen LogP contribution in [0.3, 0.4) is 0 Å². The predicted octanol–water partition coefficient (Wildman–Crippen LogP) is 2.61. The minimum atomic E-state index is 0.0422. The summed E-state index contributed by atoms with van der Waals surface area (Å²) in [5.41, 5.74) is 2.06. The molecule has 2 aromatic rings. The molecule has 0 fully saturated rings. The van der Waals surface area contributed by atoms with E-state index in [0.29, 0.717) is 0 Å². The molecule has 0 amide bonds. The summed E-state index contributed by atoms with van der Waals surface area (Å²) in [7, 11) is 0. The van der Waals surface area contributed by atoms with Gasteiger partial charge in [0.25, 0.3) is 0 Å². The largest absolute Gasteiger partial charge is 0.304 e. The van der Waals surface area contributed by atoms with Crippen LogP contribution in [-0.4, -0.2) is 25.9 Å². The molecule has 7 heteroatoms. The molecule has 0 spiro atoms. The van der Waals surface area contributed by atoms with Gasteiger partial charge in [-0.3, -0.25) is 4.68 Å². The summed E-state index contributed by atoms with van der Waals surface area (Å²) < 4.78 is 6.94. The summed E-state index contributed by atoms with van der Waals surface area (Å²) in [6, 6.07) is 0.0422. The average Bonchev–Trinajstić information content (AvgIpc) is 3.01. The Morgan fingerprint density at radius 2 is 2.33 bits per heavy atom. The zero-order chi connectivity index (χ0) is 13.0. The maximum Gasteiger partial charge on any atom is 0.0986 e. The predicted molar refractivity (Wildman–Crippen MR) is 75.6 cm³/mol. The van der Waals surface area contributed by atoms with E-state index in [2.05, 4.69) is 49.8 Å². The Bertz CT molecular complexity index is 482. The van der Waals surface area contributed by atoms with Crippen LogP contribution in [-0.2, 0) is 6.54 Å². The third-order valence-corrected chi connectivity index (χ3v) is 3.81. The number of nitrogens with one attached hydrogen (secondary N) is 1. The van der Waals surface area contributed by atoms with Crippen LogP contribution in [0, 0.1) is 0 Å². The third-order valence-electron chi connectivity index (χ3n) is 2.68. The number of rotatable bonds is 6. The lowest BCUT2D eigenvalue weighted by Crippen LogP contribution is -2.26. The molecule has 98 valence electrons. The molecule has 1 unspecified atom stereocenters. The number of hydrogen-bond acceptors (Lipinski definition) is 5. The van der Waals surface area contributed by atoms with Crippen molar-refractivity contribution in [2.45, 2.75) is 32.9 Å². The fourth-order valence-electron chi connectivity index (χ4n) is 1.84. The van der Waals surface area contributed by atoms with Crippen molar-refractivity contribution in [1.82, 2.24) is 24.7 Å². The Balaban J connectivity index is 2.36. The highest BCUT2D eigenvalue weighted by atomic mass is 79.9. The van der Waals surface area contributed by atoms with Crippen LogP contribution in [0.5, 0.6) is 0 Å². The molecule has 0 saturated carbocycles. The van der Waals surface area contributed by atoms with E-state index in [1.807, 2.05) is 16.3 Å². The van der Waals surface area contributed by atoms with E-state index in [9.17, 15) is 0 Å². The molecule has 0 aliphatic carbocycles. The quantitative estimate of drug-likeness (QED) is 0.885. The first-order valence-corrected chi connectivity index (χ1v) is 7.62. The molecule has 0 radical (unpaired) electrons. The van der Waals surface area contributed by atoms with Crippen LogP contribution >= 0.6 is 27.5 Å². The summed E-state index contributed by atoms with van der Waals surface area (Å²) >= 11 is 4.94. The molecule has 0 aliphatic rings. The van der Waals surface area contributed by atoms with Crippen molar-refractivity contribution in [3.8, 4) is 0 Å². The first-order chi connectivity index (χ1) is 8.77. The van der Waals surface area contributed by atoms with Gasteiger partial charge in [0, 0.05) is 11.9 Å². The van der Waals surface area contributed by atoms with E-state index in [4.69, 9.17) is 0 Å². The van der Waals surface area contributed by atoms with E-state index in [0.717, 1.165) is 35.4 Å². The third kappa shape index (κ3) is 2.78. The first kappa shape index (κ1) is 13.6. The van der Waals surface area contributed by atoms with Crippen LogP contribution in [0.4, 0.5) is 0 Å². The van der Waals surface area contributed by atoms with Gasteiger partial charge in [0.05, 0.1) is 28.1 Å². The van der Waals surface area contributed by atoms with Crippen LogP contribution in [0.1, 0.15) is 37.7 Å². The fraction of sp³-hybridized carbons (Fsp3) is 0.545. The van der Waals surface area contributed by atoms with Crippen molar-refractivity contribution >= 4 is 27.5 Å². The minimum absolute atomic E-state index is 0.0422. The number of aryl methyl sites for hydroxylation is 1. The molecule has 2 heterocycles. The Hall–Kier alpha value is -0.790. The van der Waals surface area contributed by atoms with Crippen LogP contribution in [0.2, 0.25) is 0 Å². The normalized spacial score (nSPS) is 12.8.